The summed E-state index contributed by atoms with van der Waals surface area (Å²) in [5.41, 5.74) is 3.03. The summed E-state index contributed by atoms with van der Waals surface area (Å²) in [5, 5.41) is 3.49. The molecule has 0 fully saturated rings. The van der Waals surface area contributed by atoms with Gasteiger partial charge in [0.1, 0.15) is 6.04 Å². The Labute approximate surface area is 166 Å². The van der Waals surface area contributed by atoms with E-state index < -0.39 is 6.04 Å². The van der Waals surface area contributed by atoms with Crippen LogP contribution in [0.1, 0.15) is 37.0 Å². The van der Waals surface area contributed by atoms with Crippen LogP contribution in [0.25, 0.3) is 0 Å². The standard InChI is InChI=1S/C22H27ClN2O2/c1-4-20(22(27)24-5-2)25(15-18-9-7-6-8-16(18)3)21(26)14-17-10-12-19(23)13-11-17/h6-13,20H,4-5,14-15H2,1-3H3,(H,24,27)/t20-/m0/s1. The second-order valence-corrected chi connectivity index (χ2v) is 7.01. The third kappa shape index (κ3) is 5.83. The maximum atomic E-state index is 13.1. The highest BCUT2D eigenvalue weighted by Gasteiger charge is 2.28. The molecule has 144 valence electrons. The molecule has 0 bridgehead atoms. The van der Waals surface area contributed by atoms with Crippen LogP contribution in [0.3, 0.4) is 0 Å². The molecule has 2 aromatic carbocycles. The van der Waals surface area contributed by atoms with E-state index in [4.69, 9.17) is 11.6 Å². The van der Waals surface area contributed by atoms with Crippen molar-refractivity contribution in [3.8, 4) is 0 Å². The lowest BCUT2D eigenvalue weighted by atomic mass is 10.0. The second-order valence-electron chi connectivity index (χ2n) is 6.57. The monoisotopic (exact) mass is 386 g/mol. The van der Waals surface area contributed by atoms with Gasteiger partial charge in [-0.25, -0.2) is 0 Å². The molecule has 2 amide bonds. The van der Waals surface area contributed by atoms with Crippen LogP contribution in [0, 0.1) is 6.92 Å². The number of carbonyl (C=O) groups is 2. The SMILES string of the molecule is CCNC(=O)[C@H](CC)N(Cc1ccccc1C)C(=O)Cc1ccc(Cl)cc1. The first-order valence-electron chi connectivity index (χ1n) is 9.32. The molecule has 4 nitrogen and oxygen atoms in total. The van der Waals surface area contributed by atoms with Crippen molar-refractivity contribution >= 4 is 23.4 Å². The Hall–Kier alpha value is -2.33. The van der Waals surface area contributed by atoms with Crippen LogP contribution in [0.2, 0.25) is 5.02 Å². The molecule has 2 rings (SSSR count). The van der Waals surface area contributed by atoms with Gasteiger partial charge in [0.25, 0.3) is 0 Å². The maximum absolute atomic E-state index is 13.1. The third-order valence-corrected chi connectivity index (χ3v) is 4.86. The summed E-state index contributed by atoms with van der Waals surface area (Å²) in [7, 11) is 0. The van der Waals surface area contributed by atoms with E-state index in [9.17, 15) is 9.59 Å². The van der Waals surface area contributed by atoms with Crippen molar-refractivity contribution in [2.45, 2.75) is 46.2 Å². The normalized spacial score (nSPS) is 11.7. The number of nitrogens with one attached hydrogen (secondary N) is 1. The number of likely N-dealkylation sites (N-methyl/N-ethyl adjacent to an activating group) is 1. The Balaban J connectivity index is 2.29. The number of benzene rings is 2. The molecule has 0 spiro atoms. The number of rotatable bonds is 8. The quantitative estimate of drug-likeness (QED) is 0.741. The lowest BCUT2D eigenvalue weighted by Gasteiger charge is -2.31. The van der Waals surface area contributed by atoms with Crippen molar-refractivity contribution in [3.05, 3.63) is 70.2 Å². The zero-order chi connectivity index (χ0) is 19.8. The summed E-state index contributed by atoms with van der Waals surface area (Å²) in [5.74, 6) is -0.184. The van der Waals surface area contributed by atoms with Crippen LogP contribution >= 0.6 is 11.6 Å². The third-order valence-electron chi connectivity index (χ3n) is 4.61. The molecular formula is C22H27ClN2O2. The van der Waals surface area contributed by atoms with Crippen molar-refractivity contribution in [2.75, 3.05) is 6.54 Å². The van der Waals surface area contributed by atoms with E-state index in [0.717, 1.165) is 16.7 Å². The minimum atomic E-state index is -0.496. The summed E-state index contributed by atoms with van der Waals surface area (Å²) in [6.07, 6.45) is 0.795. The fourth-order valence-electron chi connectivity index (χ4n) is 3.06. The van der Waals surface area contributed by atoms with Crippen molar-refractivity contribution in [1.82, 2.24) is 10.2 Å². The van der Waals surface area contributed by atoms with Crippen molar-refractivity contribution < 1.29 is 9.59 Å². The lowest BCUT2D eigenvalue weighted by Crippen LogP contribution is -2.49. The Morgan fingerprint density at radius 2 is 1.74 bits per heavy atom. The predicted octanol–water partition coefficient (Wildman–Crippen LogP) is 4.13. The van der Waals surface area contributed by atoms with E-state index in [1.54, 1.807) is 17.0 Å². The number of amides is 2. The molecule has 0 aliphatic heterocycles. The van der Waals surface area contributed by atoms with Gasteiger partial charge < -0.3 is 10.2 Å². The summed E-state index contributed by atoms with van der Waals surface area (Å²) >= 11 is 5.94. The zero-order valence-electron chi connectivity index (χ0n) is 16.2. The van der Waals surface area contributed by atoms with Gasteiger partial charge in [-0.3, -0.25) is 9.59 Å². The molecule has 0 aromatic heterocycles. The van der Waals surface area contributed by atoms with Gasteiger partial charge in [-0.05, 0) is 49.1 Å². The number of hydrogen-bond donors (Lipinski definition) is 1. The fourth-order valence-corrected chi connectivity index (χ4v) is 3.19. The van der Waals surface area contributed by atoms with Gasteiger partial charge in [-0.2, -0.15) is 0 Å². The van der Waals surface area contributed by atoms with Crippen molar-refractivity contribution in [1.29, 1.82) is 0 Å². The number of aryl methyl sites for hydroxylation is 1. The molecule has 0 saturated heterocycles. The van der Waals surface area contributed by atoms with Gasteiger partial charge in [0.15, 0.2) is 0 Å². The summed E-state index contributed by atoms with van der Waals surface area (Å²) in [6, 6.07) is 14.7. The zero-order valence-corrected chi connectivity index (χ0v) is 16.9. The van der Waals surface area contributed by atoms with E-state index in [0.29, 0.717) is 24.5 Å². The van der Waals surface area contributed by atoms with Gasteiger partial charge in [0.05, 0.1) is 6.42 Å². The number of carbonyl (C=O) groups excluding carboxylic acids is 2. The second kappa shape index (κ2) is 10.1. The molecule has 27 heavy (non-hydrogen) atoms. The Kier molecular flexibility index (Phi) is 7.86. The first kappa shape index (κ1) is 21.0. The Morgan fingerprint density at radius 3 is 2.33 bits per heavy atom. The number of halogens is 1. The van der Waals surface area contributed by atoms with E-state index >= 15 is 0 Å². The fraction of sp³-hybridized carbons (Fsp3) is 0.364. The molecule has 0 heterocycles. The smallest absolute Gasteiger partial charge is 0.242 e. The molecule has 0 aliphatic rings. The van der Waals surface area contributed by atoms with Crippen LogP contribution in [0.4, 0.5) is 0 Å². The molecule has 0 radical (unpaired) electrons. The summed E-state index contributed by atoms with van der Waals surface area (Å²) in [4.78, 5) is 27.4. The largest absolute Gasteiger partial charge is 0.355 e. The van der Waals surface area contributed by atoms with E-state index in [-0.39, 0.29) is 18.2 Å². The first-order valence-corrected chi connectivity index (χ1v) is 9.70. The summed E-state index contributed by atoms with van der Waals surface area (Å²) in [6.45, 7) is 6.78. The van der Waals surface area contributed by atoms with E-state index in [1.165, 1.54) is 0 Å². The van der Waals surface area contributed by atoms with E-state index in [1.807, 2.05) is 57.2 Å². The average Bonchev–Trinajstić information content (AvgIpc) is 2.65. The topological polar surface area (TPSA) is 49.4 Å². The van der Waals surface area contributed by atoms with Gasteiger partial charge in [-0.15, -0.1) is 0 Å². The van der Waals surface area contributed by atoms with Gasteiger partial charge in [0, 0.05) is 18.1 Å². The van der Waals surface area contributed by atoms with Crippen molar-refractivity contribution in [2.24, 2.45) is 0 Å². The number of hydrogen-bond acceptors (Lipinski definition) is 2. The molecule has 5 heteroatoms. The number of nitrogens with zero attached hydrogens (tertiary/aromatic N) is 1. The van der Waals surface area contributed by atoms with Crippen molar-refractivity contribution in [3.63, 3.8) is 0 Å². The van der Waals surface area contributed by atoms with Gasteiger partial charge in [-0.1, -0.05) is 54.9 Å². The molecule has 2 aromatic rings. The molecule has 0 saturated carbocycles. The van der Waals surface area contributed by atoms with Crippen LogP contribution in [0.15, 0.2) is 48.5 Å². The van der Waals surface area contributed by atoms with Crippen LogP contribution in [-0.2, 0) is 22.6 Å². The highest BCUT2D eigenvalue weighted by molar-refractivity contribution is 6.30. The molecule has 0 unspecified atom stereocenters. The first-order chi connectivity index (χ1) is 13.0. The maximum Gasteiger partial charge on any atom is 0.242 e. The predicted molar refractivity (Wildman–Crippen MR) is 110 cm³/mol. The van der Waals surface area contributed by atoms with Crippen LogP contribution in [0.5, 0.6) is 0 Å². The summed E-state index contributed by atoms with van der Waals surface area (Å²) < 4.78 is 0. The highest BCUT2D eigenvalue weighted by Crippen LogP contribution is 2.18. The highest BCUT2D eigenvalue weighted by atomic mass is 35.5. The molecule has 0 aliphatic carbocycles. The van der Waals surface area contributed by atoms with Crippen LogP contribution < -0.4 is 5.32 Å². The van der Waals surface area contributed by atoms with Crippen LogP contribution in [-0.4, -0.2) is 29.3 Å². The Bertz CT molecular complexity index is 774. The molecule has 1 atom stereocenters. The average molecular weight is 387 g/mol. The molecule has 1 N–H and O–H groups in total. The molecular weight excluding hydrogens is 360 g/mol. The minimum absolute atomic E-state index is 0.0707. The Morgan fingerprint density at radius 1 is 1.07 bits per heavy atom. The minimum Gasteiger partial charge on any atom is -0.355 e. The van der Waals surface area contributed by atoms with E-state index in [2.05, 4.69) is 5.32 Å². The van der Waals surface area contributed by atoms with Gasteiger partial charge >= 0.3 is 0 Å². The lowest BCUT2D eigenvalue weighted by molar-refractivity contribution is -0.140. The van der Waals surface area contributed by atoms with Gasteiger partial charge in [0.2, 0.25) is 11.8 Å².